The summed E-state index contributed by atoms with van der Waals surface area (Å²) in [6, 6.07) is 8.58. The Hall–Kier alpha value is -1.02. The molecule has 0 bridgehead atoms. The molecule has 1 atom stereocenters. The van der Waals surface area contributed by atoms with E-state index in [0.717, 1.165) is 19.5 Å². The molecule has 0 fully saturated rings. The molecule has 18 heavy (non-hydrogen) atoms. The Morgan fingerprint density at radius 2 is 1.72 bits per heavy atom. The van der Waals surface area contributed by atoms with Gasteiger partial charge >= 0.3 is 0 Å². The Morgan fingerprint density at radius 1 is 1.17 bits per heavy atom. The topological polar surface area (TPSA) is 23.5 Å². The smallest absolute Gasteiger partial charge is 0.0605 e. The van der Waals surface area contributed by atoms with E-state index in [1.165, 1.54) is 11.3 Å². The molecule has 0 aliphatic heterocycles. The summed E-state index contributed by atoms with van der Waals surface area (Å²) in [6.07, 6.45) is 0.558. The number of aryl methyl sites for hydroxylation is 1. The summed E-state index contributed by atoms with van der Waals surface area (Å²) in [4.78, 5) is 2.31. The minimum Gasteiger partial charge on any atom is -0.393 e. The summed E-state index contributed by atoms with van der Waals surface area (Å²) in [7, 11) is 0. The van der Waals surface area contributed by atoms with Crippen LogP contribution in [0.2, 0.25) is 0 Å². The molecule has 0 amide bonds. The number of nitrogens with zero attached hydrogens (tertiary/aromatic N) is 1. The fraction of sp³-hybridized carbons (Fsp3) is 0.625. The zero-order valence-electron chi connectivity index (χ0n) is 12.4. The maximum atomic E-state index is 10.1. The summed E-state index contributed by atoms with van der Waals surface area (Å²) in [5.41, 5.74) is 2.49. The average molecular weight is 249 g/mol. The molecule has 1 unspecified atom stereocenters. The van der Waals surface area contributed by atoms with E-state index in [0.29, 0.717) is 0 Å². The Kier molecular flexibility index (Phi) is 5.21. The number of hydrogen-bond donors (Lipinski definition) is 1. The summed E-state index contributed by atoms with van der Waals surface area (Å²) < 4.78 is 0. The Labute approximate surface area is 112 Å². The van der Waals surface area contributed by atoms with Crippen LogP contribution in [0.15, 0.2) is 24.3 Å². The highest BCUT2D eigenvalue weighted by molar-refractivity contribution is 5.47. The SMILES string of the molecule is CCN(CCC(O)C(C)(C)C)c1ccc(C)cc1. The van der Waals surface area contributed by atoms with Gasteiger partial charge in [-0.3, -0.25) is 0 Å². The molecule has 0 spiro atoms. The quantitative estimate of drug-likeness (QED) is 0.861. The maximum absolute atomic E-state index is 10.1. The van der Waals surface area contributed by atoms with Gasteiger partial charge in [-0.25, -0.2) is 0 Å². The van der Waals surface area contributed by atoms with Crippen molar-refractivity contribution in [2.75, 3.05) is 18.0 Å². The predicted octanol–water partition coefficient (Wildman–Crippen LogP) is 3.62. The second kappa shape index (κ2) is 6.24. The van der Waals surface area contributed by atoms with Gasteiger partial charge in [-0.1, -0.05) is 38.5 Å². The van der Waals surface area contributed by atoms with E-state index in [1.807, 2.05) is 0 Å². The second-order valence-electron chi connectivity index (χ2n) is 6.09. The van der Waals surface area contributed by atoms with Gasteiger partial charge < -0.3 is 10.0 Å². The summed E-state index contributed by atoms with van der Waals surface area (Å²) >= 11 is 0. The van der Waals surface area contributed by atoms with Gasteiger partial charge in [-0.05, 0) is 37.8 Å². The molecule has 1 aromatic carbocycles. The molecule has 0 heterocycles. The molecule has 0 radical (unpaired) electrons. The van der Waals surface area contributed by atoms with Crippen LogP contribution in [0.1, 0.15) is 39.7 Å². The highest BCUT2D eigenvalue weighted by Crippen LogP contribution is 2.23. The molecule has 0 aliphatic rings. The summed E-state index contributed by atoms with van der Waals surface area (Å²) in [5, 5.41) is 10.1. The van der Waals surface area contributed by atoms with E-state index in [-0.39, 0.29) is 11.5 Å². The van der Waals surface area contributed by atoms with Crippen LogP contribution in [0, 0.1) is 12.3 Å². The summed E-state index contributed by atoms with van der Waals surface area (Å²) in [5.74, 6) is 0. The molecule has 0 saturated heterocycles. The first-order valence-electron chi connectivity index (χ1n) is 6.84. The number of aliphatic hydroxyl groups excluding tert-OH is 1. The molecule has 2 heteroatoms. The van der Waals surface area contributed by atoms with Gasteiger partial charge in [0.15, 0.2) is 0 Å². The molecule has 0 aliphatic carbocycles. The van der Waals surface area contributed by atoms with Crippen molar-refractivity contribution < 1.29 is 5.11 Å². The lowest BCUT2D eigenvalue weighted by Crippen LogP contribution is -2.32. The average Bonchev–Trinajstić information content (AvgIpc) is 2.30. The van der Waals surface area contributed by atoms with Crippen molar-refractivity contribution in [3.05, 3.63) is 29.8 Å². The minimum atomic E-state index is -0.253. The number of anilines is 1. The van der Waals surface area contributed by atoms with Gasteiger partial charge in [0.05, 0.1) is 6.10 Å². The lowest BCUT2D eigenvalue weighted by Gasteiger charge is -2.30. The molecule has 1 rings (SSSR count). The third kappa shape index (κ3) is 4.34. The predicted molar refractivity (Wildman–Crippen MR) is 79.1 cm³/mol. The van der Waals surface area contributed by atoms with Gasteiger partial charge in [0.25, 0.3) is 0 Å². The molecule has 1 aromatic rings. The normalized spacial score (nSPS) is 13.4. The third-order valence-electron chi connectivity index (χ3n) is 3.45. The monoisotopic (exact) mass is 249 g/mol. The van der Waals surface area contributed by atoms with Crippen molar-refractivity contribution in [2.24, 2.45) is 5.41 Å². The van der Waals surface area contributed by atoms with Gasteiger partial charge in [-0.2, -0.15) is 0 Å². The molecular formula is C16H27NO. The zero-order valence-corrected chi connectivity index (χ0v) is 12.4. The van der Waals surface area contributed by atoms with Gasteiger partial charge in [-0.15, -0.1) is 0 Å². The van der Waals surface area contributed by atoms with Crippen molar-refractivity contribution >= 4 is 5.69 Å². The Morgan fingerprint density at radius 3 is 2.17 bits per heavy atom. The van der Waals surface area contributed by atoms with E-state index < -0.39 is 0 Å². The van der Waals surface area contributed by atoms with Crippen molar-refractivity contribution in [3.8, 4) is 0 Å². The fourth-order valence-corrected chi connectivity index (χ4v) is 1.94. The van der Waals surface area contributed by atoms with Crippen molar-refractivity contribution in [3.63, 3.8) is 0 Å². The number of aliphatic hydroxyl groups is 1. The van der Waals surface area contributed by atoms with Crippen LogP contribution in [0.3, 0.4) is 0 Å². The number of rotatable bonds is 5. The molecule has 0 aromatic heterocycles. The van der Waals surface area contributed by atoms with E-state index in [4.69, 9.17) is 0 Å². The number of hydrogen-bond acceptors (Lipinski definition) is 2. The van der Waals surface area contributed by atoms with Crippen molar-refractivity contribution in [1.82, 2.24) is 0 Å². The van der Waals surface area contributed by atoms with Crippen LogP contribution in [-0.4, -0.2) is 24.3 Å². The lowest BCUT2D eigenvalue weighted by atomic mass is 9.87. The van der Waals surface area contributed by atoms with E-state index in [1.54, 1.807) is 0 Å². The van der Waals surface area contributed by atoms with E-state index in [2.05, 4.69) is 63.8 Å². The lowest BCUT2D eigenvalue weighted by molar-refractivity contribution is 0.0574. The summed E-state index contributed by atoms with van der Waals surface area (Å²) in [6.45, 7) is 12.4. The number of benzene rings is 1. The molecule has 0 saturated carbocycles. The van der Waals surface area contributed by atoms with Crippen LogP contribution < -0.4 is 4.90 Å². The molecular weight excluding hydrogens is 222 g/mol. The van der Waals surface area contributed by atoms with Crippen LogP contribution >= 0.6 is 0 Å². The van der Waals surface area contributed by atoms with Crippen molar-refractivity contribution in [2.45, 2.75) is 47.1 Å². The first kappa shape index (κ1) is 15.0. The molecule has 102 valence electrons. The van der Waals surface area contributed by atoms with Crippen LogP contribution in [-0.2, 0) is 0 Å². The molecule has 2 nitrogen and oxygen atoms in total. The van der Waals surface area contributed by atoms with Gasteiger partial charge in [0, 0.05) is 18.8 Å². The fourth-order valence-electron chi connectivity index (χ4n) is 1.94. The second-order valence-corrected chi connectivity index (χ2v) is 6.09. The van der Waals surface area contributed by atoms with Crippen LogP contribution in [0.5, 0.6) is 0 Å². The minimum absolute atomic E-state index is 0.0350. The highest BCUT2D eigenvalue weighted by Gasteiger charge is 2.22. The van der Waals surface area contributed by atoms with Gasteiger partial charge in [0.2, 0.25) is 0 Å². The first-order chi connectivity index (χ1) is 8.34. The van der Waals surface area contributed by atoms with Crippen LogP contribution in [0.25, 0.3) is 0 Å². The maximum Gasteiger partial charge on any atom is 0.0605 e. The standard InChI is InChI=1S/C16H27NO/c1-6-17(12-11-15(18)16(3,4)5)14-9-7-13(2)8-10-14/h7-10,15,18H,6,11-12H2,1-5H3. The first-order valence-corrected chi connectivity index (χ1v) is 6.84. The zero-order chi connectivity index (χ0) is 13.8. The van der Waals surface area contributed by atoms with E-state index in [9.17, 15) is 5.11 Å². The van der Waals surface area contributed by atoms with E-state index >= 15 is 0 Å². The van der Waals surface area contributed by atoms with Crippen LogP contribution in [0.4, 0.5) is 5.69 Å². The largest absolute Gasteiger partial charge is 0.393 e. The third-order valence-corrected chi connectivity index (χ3v) is 3.45. The van der Waals surface area contributed by atoms with Crippen molar-refractivity contribution in [1.29, 1.82) is 0 Å². The van der Waals surface area contributed by atoms with Gasteiger partial charge in [0.1, 0.15) is 0 Å². The highest BCUT2D eigenvalue weighted by atomic mass is 16.3. The molecule has 1 N–H and O–H groups in total. The Bertz CT molecular complexity index is 350. The Balaban J connectivity index is 2.60.